The lowest BCUT2D eigenvalue weighted by Gasteiger charge is -2.33. The predicted octanol–water partition coefficient (Wildman–Crippen LogP) is 2.18. The molecule has 4 aromatic carbocycles. The molecule has 2 aliphatic heterocycles. The Morgan fingerprint density at radius 1 is 0.673 bits per heavy atom. The van der Waals surface area contributed by atoms with E-state index in [9.17, 15) is 47.8 Å². The summed E-state index contributed by atoms with van der Waals surface area (Å²) in [4.78, 5) is 171. The molecule has 0 radical (unpaired) electrons. The minimum Gasteiger partial charge on any atom is -0.508 e. The summed E-state index contributed by atoms with van der Waals surface area (Å²) in [6, 6.07) is 10.9. The lowest BCUT2D eigenvalue weighted by Crippen LogP contribution is -2.65. The van der Waals surface area contributed by atoms with Crippen LogP contribution in [0.1, 0.15) is 85.4 Å². The largest absolute Gasteiger partial charge is 0.508 e. The average molecular weight is 1430 g/mol. The number of aromatic nitrogens is 4. The van der Waals surface area contributed by atoms with Gasteiger partial charge in [0.05, 0.1) is 19.3 Å². The molecule has 3 aromatic heterocycles. The van der Waals surface area contributed by atoms with E-state index in [4.69, 9.17) is 11.5 Å². The Labute approximate surface area is 587 Å². The molecule has 8 atom stereocenters. The summed E-state index contributed by atoms with van der Waals surface area (Å²) in [7, 11) is 0. The van der Waals surface area contributed by atoms with Crippen LogP contribution in [0.25, 0.3) is 21.8 Å². The van der Waals surface area contributed by atoms with Gasteiger partial charge in [0.2, 0.25) is 59.1 Å². The maximum absolute atomic E-state index is 15.2. The number of hydrogen-bond acceptors (Lipinski definition) is 16. The van der Waals surface area contributed by atoms with Crippen molar-refractivity contribution in [2.45, 2.75) is 137 Å². The number of unbranched alkanes of at least 4 members (excludes halogenated alkanes) is 1. The normalized spacial score (nSPS) is 22.7. The Morgan fingerprint density at radius 2 is 1.30 bits per heavy atom. The fourth-order valence-electron chi connectivity index (χ4n) is 12.1. The van der Waals surface area contributed by atoms with Crippen molar-refractivity contribution in [1.29, 1.82) is 0 Å². The number of hydrogen-bond donors (Lipinski definition) is 15. The number of aliphatic carboxylic acids is 1. The number of carbonyl (C=O) groups is 11. The van der Waals surface area contributed by atoms with Gasteiger partial charge in [0.1, 0.15) is 65.2 Å². The first-order valence-corrected chi connectivity index (χ1v) is 35.1. The highest BCUT2D eigenvalue weighted by molar-refractivity contribution is 7.98. The van der Waals surface area contributed by atoms with Crippen molar-refractivity contribution in [3.8, 4) is 5.75 Å². The summed E-state index contributed by atoms with van der Waals surface area (Å²) in [5.74, 6) is -10.7. The molecule has 2 bridgehead atoms. The highest BCUT2D eigenvalue weighted by Crippen LogP contribution is 2.27. The first kappa shape index (κ1) is 74.9. The van der Waals surface area contributed by atoms with Crippen LogP contribution in [0, 0.1) is 11.6 Å². The van der Waals surface area contributed by atoms with Crippen LogP contribution in [0.2, 0.25) is 0 Å². The number of carboxylic acids is 1. The molecule has 10 amide bonds. The molecule has 0 unspecified atom stereocenters. The van der Waals surface area contributed by atoms with Gasteiger partial charge in [-0.3, -0.25) is 52.7 Å². The third-order valence-electron chi connectivity index (χ3n) is 17.4. The molecule has 0 spiro atoms. The zero-order chi connectivity index (χ0) is 72.3. The zero-order valence-corrected chi connectivity index (χ0v) is 56.8. The van der Waals surface area contributed by atoms with Crippen molar-refractivity contribution in [3.63, 3.8) is 0 Å². The number of nitrogens with zero attached hydrogens (tertiary/aromatic N) is 2. The molecule has 9 rings (SSSR count). The number of carbonyl (C=O) groups excluding carboxylic acids is 10. The number of H-pyrrole nitrogens is 3. The fourth-order valence-corrected chi connectivity index (χ4v) is 14.0. The molecule has 101 heavy (non-hydrogen) atoms. The van der Waals surface area contributed by atoms with E-state index in [1.807, 2.05) is 24.3 Å². The maximum Gasteiger partial charge on any atom is 0.306 e. The summed E-state index contributed by atoms with van der Waals surface area (Å²) in [5.41, 5.74) is 13.0. The van der Waals surface area contributed by atoms with Gasteiger partial charge in [-0.1, -0.05) is 36.4 Å². The second-order valence-electron chi connectivity index (χ2n) is 25.1. The van der Waals surface area contributed by atoms with Crippen LogP contribution in [0.3, 0.4) is 0 Å². The number of nitrogens with two attached hydrogens (primary N) is 2. The molecule has 5 heterocycles. The van der Waals surface area contributed by atoms with Crippen molar-refractivity contribution in [1.82, 2.24) is 67.4 Å². The number of benzene rings is 4. The number of phenolic OH excluding ortho intramolecular Hbond substituents is 1. The molecule has 28 nitrogen and oxygen atoms in total. The van der Waals surface area contributed by atoms with Crippen molar-refractivity contribution >= 4 is 110 Å². The van der Waals surface area contributed by atoms with Gasteiger partial charge in [0.25, 0.3) is 0 Å². The number of phenols is 1. The predicted molar refractivity (Wildman–Crippen MR) is 372 cm³/mol. The Morgan fingerprint density at radius 3 is 1.92 bits per heavy atom. The third-order valence-corrected chi connectivity index (χ3v) is 19.5. The van der Waals surface area contributed by atoms with Gasteiger partial charge in [-0.2, -0.15) is 23.5 Å². The maximum atomic E-state index is 15.2. The molecule has 0 aliphatic carbocycles. The highest BCUT2D eigenvalue weighted by atomic mass is 32.2. The number of thioether (sulfide) groups is 2. The molecule has 536 valence electrons. The van der Waals surface area contributed by atoms with Crippen LogP contribution in [-0.2, 0) is 89.9 Å². The van der Waals surface area contributed by atoms with Crippen molar-refractivity contribution in [3.05, 3.63) is 155 Å². The second-order valence-corrected chi connectivity index (χ2v) is 27.3. The summed E-state index contributed by atoms with van der Waals surface area (Å²) in [6.07, 6.45) is 4.44. The van der Waals surface area contributed by atoms with E-state index in [-0.39, 0.29) is 73.2 Å². The van der Waals surface area contributed by atoms with Gasteiger partial charge < -0.3 is 84.1 Å². The molecular weight excluding hydrogens is 1350 g/mol. The molecule has 1 saturated heterocycles. The number of aromatic amines is 3. The molecule has 2 aliphatic rings. The van der Waals surface area contributed by atoms with Crippen LogP contribution in [0.5, 0.6) is 5.75 Å². The van der Waals surface area contributed by atoms with Crippen LogP contribution < -0.4 is 54.0 Å². The van der Waals surface area contributed by atoms with Gasteiger partial charge in [-0.15, -0.1) is 0 Å². The third kappa shape index (κ3) is 20.9. The second kappa shape index (κ2) is 35.1. The molecule has 17 N–H and O–H groups in total. The number of imidazole rings is 1. The highest BCUT2D eigenvalue weighted by Gasteiger charge is 2.44. The molecule has 1 fully saturated rings. The Balaban J connectivity index is 1.06. The zero-order valence-electron chi connectivity index (χ0n) is 55.2. The van der Waals surface area contributed by atoms with E-state index in [0.29, 0.717) is 70.6 Å². The van der Waals surface area contributed by atoms with Gasteiger partial charge in [0.15, 0.2) is 0 Å². The number of carboxylic acid groups (broad SMARTS) is 1. The molecular formula is C69H81F2N15O13S2. The first-order chi connectivity index (χ1) is 48.4. The number of halogens is 2. The smallest absolute Gasteiger partial charge is 0.306 e. The van der Waals surface area contributed by atoms with Crippen molar-refractivity contribution < 1.29 is 71.7 Å². The van der Waals surface area contributed by atoms with Gasteiger partial charge in [-0.25, -0.2) is 13.8 Å². The topological polar surface area (TPSA) is 440 Å². The SMILES string of the molecule is C[C@@]1(CC(=O)O)NC(=O)[C@H](Cc2c[nH]c3ccc(F)cc23)NC(=O)[C@H](Cc2c[nH]c3ccc(F)cc23)NC(=O)CNC(=O)[C@H](CCCCN)NC(=O)CCSCc2cccc(c2)CSC[C@@H](C(N)=O)NC(=O)[C@@H]2CCCN2C(=O)[C@H](Cc2ccc(O)cc2)NC(=O)[C@H](Cc2cnc[nH]2)NC1=O. The number of fused-ring (bicyclic) bond motifs is 5. The van der Waals surface area contributed by atoms with Crippen LogP contribution >= 0.6 is 23.5 Å². The van der Waals surface area contributed by atoms with Crippen molar-refractivity contribution in [2.24, 2.45) is 11.5 Å². The average Bonchev–Trinajstić information content (AvgIpc) is 1.55. The van der Waals surface area contributed by atoms with Gasteiger partial charge >= 0.3 is 5.97 Å². The molecule has 0 saturated carbocycles. The van der Waals surface area contributed by atoms with E-state index >= 15 is 24.0 Å². The number of primary amides is 1. The lowest BCUT2D eigenvalue weighted by atomic mass is 9.93. The van der Waals surface area contributed by atoms with Crippen LogP contribution in [-0.4, -0.2) is 179 Å². The van der Waals surface area contributed by atoms with E-state index in [1.54, 1.807) is 0 Å². The van der Waals surface area contributed by atoms with E-state index in [1.165, 1.54) is 108 Å². The summed E-state index contributed by atoms with van der Waals surface area (Å²) in [5, 5.41) is 42.3. The van der Waals surface area contributed by atoms with Crippen molar-refractivity contribution in [2.75, 3.05) is 31.1 Å². The summed E-state index contributed by atoms with van der Waals surface area (Å²) < 4.78 is 29.9. The minimum atomic E-state index is -2.52. The Kier molecular flexibility index (Phi) is 26.0. The van der Waals surface area contributed by atoms with E-state index in [0.717, 1.165) is 24.1 Å². The minimum absolute atomic E-state index is 0.00913. The number of nitrogens with one attached hydrogen (secondary N) is 11. The number of rotatable bonds is 15. The molecule has 32 heteroatoms. The number of aromatic hydroxyl groups is 1. The van der Waals surface area contributed by atoms with E-state index < -0.39 is 144 Å². The standard InChI is InChI=1S/C69H81F2N15O13S2/c1-69(29-60(90)91)68(99)84-54(28-45-32-74-37-78-45)64(95)82-55(23-38-10-14-46(87)15-11-38)67(98)86-20-5-9-57(86)66(97)83-56(61(73)92)36-101-35-40-7-4-6-39(22-40)34-100-21-18-58(88)79-51(8-2-3-19-72)62(93)77-33-59(89)80-52(24-41-30-75-49-16-12-43(70)26-47(41)49)63(94)81-53(65(96)85-69)25-42-31-76-50-17-13-44(71)27-48(42)50/h4,6-7,10-17,22,26-27,30-32,37,51-57,75-76,87H,2-3,5,8-9,18-21,23-25,28-29,33-36,72H2,1H3,(H2,73,92)(H,74,78)(H,77,93)(H,79,88)(H,80,89)(H,81,94)(H,82,95)(H,83,97)(H,84,99)(H,85,96)(H,90,91)/t51-,52-,53-,54-,55-,56-,57-,69-/m0/s1. The quantitative estimate of drug-likeness (QED) is 0.0654. The lowest BCUT2D eigenvalue weighted by molar-refractivity contribution is -0.145. The van der Waals surface area contributed by atoms with Crippen LogP contribution in [0.15, 0.2) is 110 Å². The first-order valence-electron chi connectivity index (χ1n) is 32.8. The van der Waals surface area contributed by atoms with E-state index in [2.05, 4.69) is 62.5 Å². The van der Waals surface area contributed by atoms with Crippen LogP contribution in [0.4, 0.5) is 8.78 Å². The summed E-state index contributed by atoms with van der Waals surface area (Å²) in [6.45, 7) is 0.633. The molecule has 7 aromatic rings. The summed E-state index contributed by atoms with van der Waals surface area (Å²) >= 11 is 2.79. The van der Waals surface area contributed by atoms with Gasteiger partial charge in [-0.05, 0) is 122 Å². The number of amides is 10. The monoisotopic (exact) mass is 1430 g/mol. The van der Waals surface area contributed by atoms with Gasteiger partial charge in [0, 0.05) is 108 Å². The Hall–Kier alpha value is -10.3. The fraction of sp³-hybridized carbons (Fsp3) is 0.391. The Bertz CT molecular complexity index is 4160.